The molecule has 3 heteroatoms. The smallest absolute Gasteiger partial charge is 0.101 e. The molecule has 3 nitrogen and oxygen atoms in total. The fraction of sp³-hybridized carbons (Fsp3) is 0.0588. The number of nitrogens with one attached hydrogen (secondary N) is 1. The highest BCUT2D eigenvalue weighted by atomic mass is 14.9. The first-order valence-corrected chi connectivity index (χ1v) is 6.38. The Hall–Kier alpha value is -2.86. The van der Waals surface area contributed by atoms with Crippen molar-refractivity contribution in [1.82, 2.24) is 4.98 Å². The first-order valence-electron chi connectivity index (χ1n) is 6.38. The summed E-state index contributed by atoms with van der Waals surface area (Å²) in [6, 6.07) is 16.0. The monoisotopic (exact) mass is 259 g/mol. The van der Waals surface area contributed by atoms with Crippen LogP contribution in [0.4, 0.5) is 11.4 Å². The zero-order valence-electron chi connectivity index (χ0n) is 11.1. The summed E-state index contributed by atoms with van der Waals surface area (Å²) in [5, 5.41) is 14.7. The number of aromatic nitrogens is 1. The van der Waals surface area contributed by atoms with Crippen molar-refractivity contribution in [2.24, 2.45) is 0 Å². The molecule has 0 amide bonds. The van der Waals surface area contributed by atoms with Gasteiger partial charge in [0, 0.05) is 23.5 Å². The predicted molar refractivity (Wildman–Crippen MR) is 80.9 cm³/mol. The minimum atomic E-state index is 0.636. The Kier molecular flexibility index (Phi) is 3.06. The number of rotatable bonds is 2. The average molecular weight is 259 g/mol. The lowest BCUT2D eigenvalue weighted by Crippen LogP contribution is -1.95. The van der Waals surface area contributed by atoms with Crippen molar-refractivity contribution in [2.75, 3.05) is 5.32 Å². The molecule has 0 aliphatic heterocycles. The number of benzene rings is 2. The van der Waals surface area contributed by atoms with Gasteiger partial charge in [0.15, 0.2) is 0 Å². The maximum atomic E-state index is 9.20. The molecule has 0 unspecified atom stereocenters. The summed E-state index contributed by atoms with van der Waals surface area (Å²) in [5.74, 6) is 0. The molecular formula is C17H13N3. The second kappa shape index (κ2) is 5.02. The van der Waals surface area contributed by atoms with E-state index in [1.54, 1.807) is 6.20 Å². The summed E-state index contributed by atoms with van der Waals surface area (Å²) in [4.78, 5) is 4.17. The topological polar surface area (TPSA) is 48.7 Å². The Labute approximate surface area is 117 Å². The number of pyridine rings is 1. The van der Waals surface area contributed by atoms with E-state index in [0.717, 1.165) is 27.7 Å². The Morgan fingerprint density at radius 1 is 1.10 bits per heavy atom. The molecule has 1 N–H and O–H groups in total. The Balaban J connectivity index is 2.10. The zero-order valence-corrected chi connectivity index (χ0v) is 11.1. The van der Waals surface area contributed by atoms with Crippen molar-refractivity contribution in [1.29, 1.82) is 5.26 Å². The van der Waals surface area contributed by atoms with Crippen LogP contribution in [0.25, 0.3) is 10.8 Å². The van der Waals surface area contributed by atoms with Crippen LogP contribution in [0, 0.1) is 18.3 Å². The number of hydrogen-bond acceptors (Lipinski definition) is 3. The van der Waals surface area contributed by atoms with Crippen LogP contribution in [0.15, 0.2) is 54.9 Å². The van der Waals surface area contributed by atoms with Crippen LogP contribution in [-0.4, -0.2) is 4.98 Å². The van der Waals surface area contributed by atoms with E-state index < -0.39 is 0 Å². The largest absolute Gasteiger partial charge is 0.354 e. The lowest BCUT2D eigenvalue weighted by molar-refractivity contribution is 1.36. The fourth-order valence-electron chi connectivity index (χ4n) is 2.23. The molecule has 0 fully saturated rings. The van der Waals surface area contributed by atoms with Gasteiger partial charge in [0.2, 0.25) is 0 Å². The predicted octanol–water partition coefficient (Wildman–Crippen LogP) is 4.16. The molecule has 0 aliphatic rings. The van der Waals surface area contributed by atoms with Gasteiger partial charge >= 0.3 is 0 Å². The molecular weight excluding hydrogens is 246 g/mol. The maximum Gasteiger partial charge on any atom is 0.101 e. The van der Waals surface area contributed by atoms with E-state index in [0.29, 0.717) is 5.56 Å². The van der Waals surface area contributed by atoms with E-state index in [9.17, 15) is 5.26 Å². The Morgan fingerprint density at radius 3 is 2.85 bits per heavy atom. The van der Waals surface area contributed by atoms with Crippen LogP contribution in [0.1, 0.15) is 11.1 Å². The van der Waals surface area contributed by atoms with Gasteiger partial charge < -0.3 is 5.32 Å². The molecule has 20 heavy (non-hydrogen) atoms. The third kappa shape index (κ3) is 2.19. The molecule has 3 aromatic rings. The molecule has 0 aliphatic carbocycles. The van der Waals surface area contributed by atoms with E-state index in [1.165, 1.54) is 0 Å². The van der Waals surface area contributed by atoms with E-state index in [4.69, 9.17) is 0 Å². The highest BCUT2D eigenvalue weighted by Crippen LogP contribution is 2.27. The SMILES string of the molecule is Cc1ccc(C#N)c(Nc2cccc3ccncc23)c1. The van der Waals surface area contributed by atoms with Crippen LogP contribution < -0.4 is 5.32 Å². The summed E-state index contributed by atoms with van der Waals surface area (Å²) in [6.07, 6.45) is 3.61. The quantitative estimate of drug-likeness (QED) is 0.751. The minimum Gasteiger partial charge on any atom is -0.354 e. The average Bonchev–Trinajstić information content (AvgIpc) is 2.48. The molecule has 0 spiro atoms. The summed E-state index contributed by atoms with van der Waals surface area (Å²) >= 11 is 0. The highest BCUT2D eigenvalue weighted by molar-refractivity contribution is 5.95. The van der Waals surface area contributed by atoms with E-state index in [2.05, 4.69) is 16.4 Å². The summed E-state index contributed by atoms with van der Waals surface area (Å²) in [5.41, 5.74) is 3.53. The number of nitriles is 1. The van der Waals surface area contributed by atoms with Gasteiger partial charge in [-0.05, 0) is 42.1 Å². The number of aryl methyl sites for hydroxylation is 1. The molecule has 0 saturated carbocycles. The molecule has 1 aromatic heterocycles. The van der Waals surface area contributed by atoms with E-state index in [-0.39, 0.29) is 0 Å². The normalized spacial score (nSPS) is 10.2. The van der Waals surface area contributed by atoms with Crippen molar-refractivity contribution < 1.29 is 0 Å². The van der Waals surface area contributed by atoms with Crippen molar-refractivity contribution in [3.8, 4) is 6.07 Å². The molecule has 0 saturated heterocycles. The summed E-state index contributed by atoms with van der Waals surface area (Å²) < 4.78 is 0. The van der Waals surface area contributed by atoms with Gasteiger partial charge in [0.25, 0.3) is 0 Å². The lowest BCUT2D eigenvalue weighted by atomic mass is 10.1. The van der Waals surface area contributed by atoms with Crippen LogP contribution in [0.5, 0.6) is 0 Å². The Morgan fingerprint density at radius 2 is 2.00 bits per heavy atom. The standard InChI is InChI=1S/C17H13N3/c1-12-5-6-14(10-18)17(9-12)20-16-4-2-3-13-7-8-19-11-15(13)16/h2-9,11,20H,1H3. The third-order valence-corrected chi connectivity index (χ3v) is 3.25. The maximum absolute atomic E-state index is 9.20. The Bertz CT molecular complexity index is 811. The molecule has 3 rings (SSSR count). The number of nitrogens with zero attached hydrogens (tertiary/aromatic N) is 2. The summed E-state index contributed by atoms with van der Waals surface area (Å²) in [6.45, 7) is 2.01. The second-order valence-corrected chi connectivity index (χ2v) is 4.69. The van der Waals surface area contributed by atoms with Crippen LogP contribution >= 0.6 is 0 Å². The first kappa shape index (κ1) is 12.2. The van der Waals surface area contributed by atoms with Gasteiger partial charge in [-0.3, -0.25) is 4.98 Å². The number of anilines is 2. The van der Waals surface area contributed by atoms with E-state index in [1.807, 2.05) is 55.6 Å². The lowest BCUT2D eigenvalue weighted by Gasteiger charge is -2.11. The molecule has 2 aromatic carbocycles. The second-order valence-electron chi connectivity index (χ2n) is 4.69. The van der Waals surface area contributed by atoms with Crippen molar-refractivity contribution >= 4 is 22.1 Å². The fourth-order valence-corrected chi connectivity index (χ4v) is 2.23. The van der Waals surface area contributed by atoms with Crippen molar-refractivity contribution in [3.63, 3.8) is 0 Å². The minimum absolute atomic E-state index is 0.636. The van der Waals surface area contributed by atoms with Crippen molar-refractivity contribution in [2.45, 2.75) is 6.92 Å². The zero-order chi connectivity index (χ0) is 13.9. The van der Waals surface area contributed by atoms with E-state index >= 15 is 0 Å². The number of hydrogen-bond donors (Lipinski definition) is 1. The molecule has 0 radical (unpaired) electrons. The van der Waals surface area contributed by atoms with Gasteiger partial charge in [-0.2, -0.15) is 5.26 Å². The van der Waals surface area contributed by atoms with Gasteiger partial charge in [0.05, 0.1) is 11.3 Å². The van der Waals surface area contributed by atoms with Crippen LogP contribution in [-0.2, 0) is 0 Å². The third-order valence-electron chi connectivity index (χ3n) is 3.25. The van der Waals surface area contributed by atoms with Gasteiger partial charge in [-0.25, -0.2) is 0 Å². The summed E-state index contributed by atoms with van der Waals surface area (Å²) in [7, 11) is 0. The van der Waals surface area contributed by atoms with Gasteiger partial charge in [-0.1, -0.05) is 18.2 Å². The number of fused-ring (bicyclic) bond motifs is 1. The first-order chi connectivity index (χ1) is 9.78. The van der Waals surface area contributed by atoms with Crippen LogP contribution in [0.2, 0.25) is 0 Å². The van der Waals surface area contributed by atoms with Gasteiger partial charge in [0.1, 0.15) is 6.07 Å². The molecule has 0 bridgehead atoms. The molecule has 1 heterocycles. The van der Waals surface area contributed by atoms with Crippen molar-refractivity contribution in [3.05, 3.63) is 66.0 Å². The van der Waals surface area contributed by atoms with Crippen LogP contribution in [0.3, 0.4) is 0 Å². The van der Waals surface area contributed by atoms with Gasteiger partial charge in [-0.15, -0.1) is 0 Å². The highest BCUT2D eigenvalue weighted by Gasteiger charge is 2.05. The molecule has 0 atom stereocenters. The molecule has 96 valence electrons.